The molecule has 0 aliphatic carbocycles. The fourth-order valence-corrected chi connectivity index (χ4v) is 4.54. The lowest BCUT2D eigenvalue weighted by Gasteiger charge is -2.41. The number of rotatable bonds is 4. The lowest BCUT2D eigenvalue weighted by atomic mass is 9.94. The van der Waals surface area contributed by atoms with Gasteiger partial charge in [-0.25, -0.2) is 0 Å². The molecule has 3 fully saturated rings. The molecule has 120 valence electrons. The SMILES string of the molecule is CCCC1NC(C)(CC)C(=O)N1C1CCN2CCCC2C1. The number of nitrogens with one attached hydrogen (secondary N) is 1. The molecule has 3 rings (SSSR count). The first-order valence-electron chi connectivity index (χ1n) is 8.93. The van der Waals surface area contributed by atoms with Crippen LogP contribution in [0.3, 0.4) is 0 Å². The molecule has 4 heteroatoms. The van der Waals surface area contributed by atoms with Gasteiger partial charge in [0, 0.05) is 18.6 Å². The van der Waals surface area contributed by atoms with E-state index in [-0.39, 0.29) is 11.7 Å². The maximum absolute atomic E-state index is 13.0. The average Bonchev–Trinajstić information content (AvgIpc) is 3.03. The molecule has 4 nitrogen and oxygen atoms in total. The van der Waals surface area contributed by atoms with E-state index in [0.29, 0.717) is 11.9 Å². The molecule has 4 atom stereocenters. The van der Waals surface area contributed by atoms with Gasteiger partial charge in [-0.2, -0.15) is 0 Å². The standard InChI is InChI=1S/C17H31N3O/c1-4-7-15-18-17(3,5-2)16(21)20(15)14-9-11-19-10-6-8-13(19)12-14/h13-15,18H,4-12H2,1-3H3. The van der Waals surface area contributed by atoms with Gasteiger partial charge in [0.15, 0.2) is 0 Å². The predicted molar refractivity (Wildman–Crippen MR) is 85.0 cm³/mol. The Kier molecular flexibility index (Phi) is 4.28. The fraction of sp³-hybridized carbons (Fsp3) is 0.941. The van der Waals surface area contributed by atoms with E-state index in [1.54, 1.807) is 0 Å². The molecule has 0 aromatic carbocycles. The van der Waals surface area contributed by atoms with Crippen LogP contribution in [0.4, 0.5) is 0 Å². The van der Waals surface area contributed by atoms with Crippen LogP contribution in [-0.4, -0.2) is 52.6 Å². The number of hydrogen-bond acceptors (Lipinski definition) is 3. The molecule has 3 aliphatic heterocycles. The van der Waals surface area contributed by atoms with Crippen molar-refractivity contribution in [2.75, 3.05) is 13.1 Å². The number of hydrogen-bond donors (Lipinski definition) is 1. The van der Waals surface area contributed by atoms with Crippen LogP contribution in [0.2, 0.25) is 0 Å². The maximum Gasteiger partial charge on any atom is 0.244 e. The van der Waals surface area contributed by atoms with Gasteiger partial charge in [-0.05, 0) is 52.0 Å². The maximum atomic E-state index is 13.0. The van der Waals surface area contributed by atoms with Gasteiger partial charge in [0.05, 0.1) is 11.7 Å². The minimum Gasteiger partial charge on any atom is -0.322 e. The smallest absolute Gasteiger partial charge is 0.244 e. The summed E-state index contributed by atoms with van der Waals surface area (Å²) in [7, 11) is 0. The van der Waals surface area contributed by atoms with Crippen LogP contribution in [0, 0.1) is 0 Å². The van der Waals surface area contributed by atoms with Gasteiger partial charge in [-0.3, -0.25) is 10.1 Å². The Morgan fingerprint density at radius 3 is 2.76 bits per heavy atom. The third-order valence-corrected chi connectivity index (χ3v) is 5.98. The summed E-state index contributed by atoms with van der Waals surface area (Å²) in [6, 6.07) is 1.18. The molecular formula is C17H31N3O. The highest BCUT2D eigenvalue weighted by Gasteiger charge is 2.50. The number of amides is 1. The summed E-state index contributed by atoms with van der Waals surface area (Å²) < 4.78 is 0. The largest absolute Gasteiger partial charge is 0.322 e. The zero-order chi connectivity index (χ0) is 15.0. The molecule has 0 spiro atoms. The second-order valence-corrected chi connectivity index (χ2v) is 7.36. The van der Waals surface area contributed by atoms with Gasteiger partial charge in [0.25, 0.3) is 0 Å². The lowest BCUT2D eigenvalue weighted by molar-refractivity contribution is -0.136. The molecule has 1 N–H and O–H groups in total. The topological polar surface area (TPSA) is 35.6 Å². The van der Waals surface area contributed by atoms with Gasteiger partial charge in [-0.1, -0.05) is 20.3 Å². The Labute approximate surface area is 129 Å². The van der Waals surface area contributed by atoms with Crippen molar-refractivity contribution in [3.8, 4) is 0 Å². The number of nitrogens with zero attached hydrogens (tertiary/aromatic N) is 2. The molecular weight excluding hydrogens is 262 g/mol. The summed E-state index contributed by atoms with van der Waals surface area (Å²) in [5.41, 5.74) is -0.341. The van der Waals surface area contributed by atoms with Crippen LogP contribution in [-0.2, 0) is 4.79 Å². The molecule has 21 heavy (non-hydrogen) atoms. The number of fused-ring (bicyclic) bond motifs is 1. The molecule has 0 aromatic rings. The van der Waals surface area contributed by atoms with Crippen molar-refractivity contribution in [2.24, 2.45) is 0 Å². The summed E-state index contributed by atoms with van der Waals surface area (Å²) in [5, 5.41) is 3.64. The van der Waals surface area contributed by atoms with Crippen molar-refractivity contribution in [3.63, 3.8) is 0 Å². The first-order chi connectivity index (χ1) is 10.1. The van der Waals surface area contributed by atoms with Crippen LogP contribution < -0.4 is 5.32 Å². The van der Waals surface area contributed by atoms with Gasteiger partial charge >= 0.3 is 0 Å². The van der Waals surface area contributed by atoms with Crippen molar-refractivity contribution in [1.82, 2.24) is 15.1 Å². The first-order valence-corrected chi connectivity index (χ1v) is 8.93. The minimum atomic E-state index is -0.341. The van der Waals surface area contributed by atoms with Crippen LogP contribution >= 0.6 is 0 Å². The summed E-state index contributed by atoms with van der Waals surface area (Å²) in [4.78, 5) is 17.9. The molecule has 0 radical (unpaired) electrons. The summed E-state index contributed by atoms with van der Waals surface area (Å²) in [6.45, 7) is 8.88. The third-order valence-electron chi connectivity index (χ3n) is 5.98. The lowest BCUT2D eigenvalue weighted by Crippen LogP contribution is -2.52. The molecule has 3 aliphatic rings. The van der Waals surface area contributed by atoms with E-state index < -0.39 is 0 Å². The molecule has 0 saturated carbocycles. The van der Waals surface area contributed by atoms with Gasteiger partial charge in [0.1, 0.15) is 0 Å². The first kappa shape index (κ1) is 15.3. The number of carbonyl (C=O) groups excluding carboxylic acids is 1. The van der Waals surface area contributed by atoms with E-state index in [4.69, 9.17) is 0 Å². The molecule has 0 bridgehead atoms. The van der Waals surface area contributed by atoms with E-state index in [0.717, 1.165) is 31.7 Å². The van der Waals surface area contributed by atoms with Gasteiger partial charge < -0.3 is 9.80 Å². The minimum absolute atomic E-state index is 0.255. The van der Waals surface area contributed by atoms with Gasteiger partial charge in [-0.15, -0.1) is 0 Å². The number of carbonyl (C=O) groups is 1. The van der Waals surface area contributed by atoms with E-state index in [1.807, 2.05) is 0 Å². The molecule has 3 saturated heterocycles. The summed E-state index contributed by atoms with van der Waals surface area (Å²) >= 11 is 0. The van der Waals surface area contributed by atoms with Crippen LogP contribution in [0.15, 0.2) is 0 Å². The van der Waals surface area contributed by atoms with Crippen molar-refractivity contribution in [1.29, 1.82) is 0 Å². The van der Waals surface area contributed by atoms with Crippen LogP contribution in [0.1, 0.15) is 65.7 Å². The second kappa shape index (κ2) is 5.88. The van der Waals surface area contributed by atoms with E-state index in [1.165, 1.54) is 32.4 Å². The highest BCUT2D eigenvalue weighted by molar-refractivity contribution is 5.88. The molecule has 1 amide bonds. The van der Waals surface area contributed by atoms with E-state index >= 15 is 0 Å². The zero-order valence-electron chi connectivity index (χ0n) is 13.9. The Morgan fingerprint density at radius 2 is 2.05 bits per heavy atom. The highest BCUT2D eigenvalue weighted by Crippen LogP contribution is 2.35. The van der Waals surface area contributed by atoms with E-state index in [9.17, 15) is 4.79 Å². The predicted octanol–water partition coefficient (Wildman–Crippen LogP) is 2.34. The Balaban J connectivity index is 1.76. The molecule has 4 unspecified atom stereocenters. The Morgan fingerprint density at radius 1 is 1.24 bits per heavy atom. The third kappa shape index (κ3) is 2.61. The molecule has 3 heterocycles. The average molecular weight is 293 g/mol. The summed E-state index contributed by atoms with van der Waals surface area (Å²) in [5.74, 6) is 0.347. The van der Waals surface area contributed by atoms with Crippen LogP contribution in [0.25, 0.3) is 0 Å². The quantitative estimate of drug-likeness (QED) is 0.864. The Hall–Kier alpha value is -0.610. The van der Waals surface area contributed by atoms with Gasteiger partial charge in [0.2, 0.25) is 5.91 Å². The summed E-state index contributed by atoms with van der Waals surface area (Å²) in [6.07, 6.45) is 8.35. The number of piperidine rings is 1. The molecule has 0 aromatic heterocycles. The van der Waals surface area contributed by atoms with Crippen molar-refractivity contribution in [2.45, 2.75) is 89.5 Å². The van der Waals surface area contributed by atoms with Crippen molar-refractivity contribution in [3.05, 3.63) is 0 Å². The fourth-order valence-electron chi connectivity index (χ4n) is 4.54. The second-order valence-electron chi connectivity index (χ2n) is 7.36. The normalized spacial score (nSPS) is 40.8. The Bertz CT molecular complexity index is 399. The van der Waals surface area contributed by atoms with Crippen LogP contribution in [0.5, 0.6) is 0 Å². The van der Waals surface area contributed by atoms with E-state index in [2.05, 4.69) is 35.9 Å². The van der Waals surface area contributed by atoms with Crippen molar-refractivity contribution >= 4 is 5.91 Å². The monoisotopic (exact) mass is 293 g/mol. The highest BCUT2D eigenvalue weighted by atomic mass is 16.2. The van der Waals surface area contributed by atoms with Crippen molar-refractivity contribution < 1.29 is 4.79 Å². The zero-order valence-corrected chi connectivity index (χ0v) is 13.9.